The summed E-state index contributed by atoms with van der Waals surface area (Å²) in [5, 5.41) is 7.10. The SMILES string of the molecule is C#CCn1ncc(Cl)c(NC(C)C)c1=O. The lowest BCUT2D eigenvalue weighted by atomic mass is 10.3. The number of anilines is 1. The van der Waals surface area contributed by atoms with Gasteiger partial charge in [-0.15, -0.1) is 6.42 Å². The maximum absolute atomic E-state index is 11.8. The molecule has 0 aliphatic heterocycles. The van der Waals surface area contributed by atoms with Crippen LogP contribution in [-0.2, 0) is 6.54 Å². The second-order valence-corrected chi connectivity index (χ2v) is 3.74. The van der Waals surface area contributed by atoms with E-state index in [0.29, 0.717) is 10.7 Å². The molecule has 4 nitrogen and oxygen atoms in total. The maximum Gasteiger partial charge on any atom is 0.292 e. The number of nitrogens with one attached hydrogen (secondary N) is 1. The highest BCUT2D eigenvalue weighted by Crippen LogP contribution is 2.15. The van der Waals surface area contributed by atoms with E-state index in [-0.39, 0.29) is 18.1 Å². The van der Waals surface area contributed by atoms with Gasteiger partial charge in [-0.25, -0.2) is 4.68 Å². The fourth-order valence-corrected chi connectivity index (χ4v) is 1.27. The molecule has 0 amide bonds. The molecule has 0 radical (unpaired) electrons. The molecule has 0 saturated carbocycles. The van der Waals surface area contributed by atoms with Gasteiger partial charge in [-0.1, -0.05) is 17.5 Å². The summed E-state index contributed by atoms with van der Waals surface area (Å²) in [5.74, 6) is 2.35. The zero-order valence-corrected chi connectivity index (χ0v) is 9.38. The average molecular weight is 226 g/mol. The van der Waals surface area contributed by atoms with Gasteiger partial charge in [0.2, 0.25) is 0 Å². The lowest BCUT2D eigenvalue weighted by Crippen LogP contribution is -2.27. The van der Waals surface area contributed by atoms with Crippen molar-refractivity contribution in [2.75, 3.05) is 5.32 Å². The minimum atomic E-state index is -0.297. The quantitative estimate of drug-likeness (QED) is 0.790. The summed E-state index contributed by atoms with van der Waals surface area (Å²) < 4.78 is 1.19. The van der Waals surface area contributed by atoms with Gasteiger partial charge in [-0.3, -0.25) is 4.79 Å². The van der Waals surface area contributed by atoms with Gasteiger partial charge >= 0.3 is 0 Å². The molecule has 1 aromatic heterocycles. The Balaban J connectivity index is 3.19. The first-order valence-corrected chi connectivity index (χ1v) is 4.89. The van der Waals surface area contributed by atoms with Crippen LogP contribution in [0, 0.1) is 12.3 Å². The van der Waals surface area contributed by atoms with Crippen LogP contribution in [0.2, 0.25) is 5.02 Å². The first-order valence-electron chi connectivity index (χ1n) is 4.52. The van der Waals surface area contributed by atoms with Gasteiger partial charge in [0.1, 0.15) is 12.2 Å². The molecular weight excluding hydrogens is 214 g/mol. The predicted molar refractivity (Wildman–Crippen MR) is 61.1 cm³/mol. The molecule has 1 N–H and O–H groups in total. The van der Waals surface area contributed by atoms with Crippen LogP contribution >= 0.6 is 11.6 Å². The Bertz CT molecular complexity index is 445. The fraction of sp³-hybridized carbons (Fsp3) is 0.400. The van der Waals surface area contributed by atoms with Crippen LogP contribution in [0.15, 0.2) is 11.0 Å². The summed E-state index contributed by atoms with van der Waals surface area (Å²) >= 11 is 5.86. The van der Waals surface area contributed by atoms with E-state index in [2.05, 4.69) is 16.3 Å². The van der Waals surface area contributed by atoms with E-state index >= 15 is 0 Å². The number of halogens is 1. The largest absolute Gasteiger partial charge is 0.377 e. The monoisotopic (exact) mass is 225 g/mol. The van der Waals surface area contributed by atoms with Gasteiger partial charge in [-0.2, -0.15) is 5.10 Å². The number of hydrogen-bond acceptors (Lipinski definition) is 3. The Kier molecular flexibility index (Phi) is 3.75. The van der Waals surface area contributed by atoms with Crippen molar-refractivity contribution in [3.63, 3.8) is 0 Å². The van der Waals surface area contributed by atoms with Crippen molar-refractivity contribution in [1.29, 1.82) is 0 Å². The average Bonchev–Trinajstić information content (AvgIpc) is 2.17. The van der Waals surface area contributed by atoms with Crippen molar-refractivity contribution in [1.82, 2.24) is 9.78 Å². The highest BCUT2D eigenvalue weighted by molar-refractivity contribution is 6.33. The second-order valence-electron chi connectivity index (χ2n) is 3.33. The molecule has 0 saturated heterocycles. The summed E-state index contributed by atoms with van der Waals surface area (Å²) in [4.78, 5) is 11.8. The van der Waals surface area contributed by atoms with Crippen LogP contribution in [0.1, 0.15) is 13.8 Å². The molecule has 0 bridgehead atoms. The van der Waals surface area contributed by atoms with Gasteiger partial charge in [0.15, 0.2) is 0 Å². The van der Waals surface area contributed by atoms with Crippen LogP contribution in [0.4, 0.5) is 5.69 Å². The molecule has 0 aromatic carbocycles. The number of nitrogens with zero attached hydrogens (tertiary/aromatic N) is 2. The smallest absolute Gasteiger partial charge is 0.292 e. The highest BCUT2D eigenvalue weighted by Gasteiger charge is 2.09. The van der Waals surface area contributed by atoms with Crippen LogP contribution in [0.3, 0.4) is 0 Å². The van der Waals surface area contributed by atoms with Crippen LogP contribution < -0.4 is 10.9 Å². The van der Waals surface area contributed by atoms with Gasteiger partial charge in [-0.05, 0) is 13.8 Å². The molecule has 0 unspecified atom stereocenters. The zero-order valence-electron chi connectivity index (χ0n) is 8.62. The Labute approximate surface area is 93.3 Å². The molecular formula is C10H12ClN3O. The molecule has 1 heterocycles. The molecule has 5 heteroatoms. The van der Waals surface area contributed by atoms with E-state index in [1.54, 1.807) is 0 Å². The van der Waals surface area contributed by atoms with Crippen molar-refractivity contribution in [2.45, 2.75) is 26.4 Å². The lowest BCUT2D eigenvalue weighted by molar-refractivity contribution is 0.662. The van der Waals surface area contributed by atoms with E-state index in [9.17, 15) is 4.79 Å². The molecule has 15 heavy (non-hydrogen) atoms. The third-order valence-corrected chi connectivity index (χ3v) is 1.96. The number of terminal acetylenes is 1. The molecule has 0 aliphatic carbocycles. The fourth-order valence-electron chi connectivity index (χ4n) is 1.09. The minimum absolute atomic E-state index is 0.122. The summed E-state index contributed by atoms with van der Waals surface area (Å²) in [6.07, 6.45) is 6.52. The van der Waals surface area contributed by atoms with Crippen molar-refractivity contribution in [2.24, 2.45) is 0 Å². The van der Waals surface area contributed by atoms with E-state index in [1.807, 2.05) is 13.8 Å². The standard InChI is InChI=1S/C10H12ClN3O/c1-4-5-14-10(15)9(13-7(2)3)8(11)6-12-14/h1,6-7,13H,5H2,2-3H3. The normalized spacial score (nSPS) is 10.1. The van der Waals surface area contributed by atoms with Gasteiger partial charge in [0, 0.05) is 6.04 Å². The molecule has 0 spiro atoms. The van der Waals surface area contributed by atoms with Crippen LogP contribution in [0.5, 0.6) is 0 Å². The van der Waals surface area contributed by atoms with Crippen molar-refractivity contribution >= 4 is 17.3 Å². The summed E-state index contributed by atoms with van der Waals surface area (Å²) in [5.41, 5.74) is 0.0473. The number of rotatable bonds is 3. The zero-order chi connectivity index (χ0) is 11.4. The third-order valence-electron chi connectivity index (χ3n) is 1.67. The summed E-state index contributed by atoms with van der Waals surface area (Å²) in [6.45, 7) is 3.98. The van der Waals surface area contributed by atoms with E-state index in [4.69, 9.17) is 18.0 Å². The topological polar surface area (TPSA) is 46.9 Å². The van der Waals surface area contributed by atoms with Gasteiger partial charge in [0.25, 0.3) is 5.56 Å². The maximum atomic E-state index is 11.8. The molecule has 1 aromatic rings. The minimum Gasteiger partial charge on any atom is -0.377 e. The first kappa shape index (κ1) is 11.6. The summed E-state index contributed by atoms with van der Waals surface area (Å²) in [7, 11) is 0. The van der Waals surface area contributed by atoms with Crippen molar-refractivity contribution < 1.29 is 0 Å². The molecule has 0 atom stereocenters. The number of hydrogen-bond donors (Lipinski definition) is 1. The van der Waals surface area contributed by atoms with E-state index < -0.39 is 0 Å². The molecule has 0 fully saturated rings. The molecule has 0 aliphatic rings. The molecule has 80 valence electrons. The van der Waals surface area contributed by atoms with Crippen molar-refractivity contribution in [3.05, 3.63) is 21.6 Å². The molecule has 1 rings (SSSR count). The van der Waals surface area contributed by atoms with E-state index in [1.165, 1.54) is 10.9 Å². The Morgan fingerprint density at radius 1 is 1.73 bits per heavy atom. The second kappa shape index (κ2) is 4.85. The Morgan fingerprint density at radius 2 is 2.40 bits per heavy atom. The lowest BCUT2D eigenvalue weighted by Gasteiger charge is -2.11. The first-order chi connectivity index (χ1) is 7.06. The van der Waals surface area contributed by atoms with Crippen molar-refractivity contribution in [3.8, 4) is 12.3 Å². The Morgan fingerprint density at radius 3 is 2.93 bits per heavy atom. The third kappa shape index (κ3) is 2.74. The Hall–Kier alpha value is -1.47. The summed E-state index contributed by atoms with van der Waals surface area (Å²) in [6, 6.07) is 0.122. The number of aromatic nitrogens is 2. The van der Waals surface area contributed by atoms with Crippen LogP contribution in [-0.4, -0.2) is 15.8 Å². The van der Waals surface area contributed by atoms with Crippen LogP contribution in [0.25, 0.3) is 0 Å². The van der Waals surface area contributed by atoms with Gasteiger partial charge in [0.05, 0.1) is 11.2 Å². The van der Waals surface area contributed by atoms with E-state index in [0.717, 1.165) is 0 Å². The highest BCUT2D eigenvalue weighted by atomic mass is 35.5. The van der Waals surface area contributed by atoms with Gasteiger partial charge < -0.3 is 5.32 Å². The predicted octanol–water partition coefficient (Wildman–Crippen LogP) is 1.35.